The second-order valence-corrected chi connectivity index (χ2v) is 8.67. The van der Waals surface area contributed by atoms with Gasteiger partial charge in [0.1, 0.15) is 0 Å². The lowest BCUT2D eigenvalue weighted by atomic mass is 10.1. The summed E-state index contributed by atoms with van der Waals surface area (Å²) in [4.78, 5) is 17.2. The molecule has 7 heteroatoms. The van der Waals surface area contributed by atoms with E-state index in [-0.39, 0.29) is 5.91 Å². The summed E-state index contributed by atoms with van der Waals surface area (Å²) < 4.78 is 5.70. The van der Waals surface area contributed by atoms with Gasteiger partial charge in [-0.2, -0.15) is 0 Å². The van der Waals surface area contributed by atoms with Gasteiger partial charge in [0.25, 0.3) is 0 Å². The molecule has 0 atom stereocenters. The van der Waals surface area contributed by atoms with Gasteiger partial charge < -0.3 is 14.6 Å². The van der Waals surface area contributed by atoms with Crippen LogP contribution >= 0.6 is 0 Å². The molecule has 0 saturated carbocycles. The number of aromatic nitrogens is 2. The first-order valence-electron chi connectivity index (χ1n) is 11.8. The van der Waals surface area contributed by atoms with Gasteiger partial charge in [0, 0.05) is 57.7 Å². The normalized spacial score (nSPS) is 14.9. The number of hydrogen-bond acceptors (Lipinski definition) is 6. The lowest BCUT2D eigenvalue weighted by molar-refractivity contribution is -0.121. The van der Waals surface area contributed by atoms with Crippen LogP contribution in [0.4, 0.5) is 0 Å². The van der Waals surface area contributed by atoms with Gasteiger partial charge in [0.15, 0.2) is 0 Å². The van der Waals surface area contributed by atoms with Crippen LogP contribution in [-0.2, 0) is 17.8 Å². The minimum atomic E-state index is 0.0257. The lowest BCUT2D eigenvalue weighted by Gasteiger charge is -2.34. The van der Waals surface area contributed by atoms with E-state index in [4.69, 9.17) is 4.42 Å². The SMILES string of the molecule is Cc1ccc(-c2nnc(CCC(=O)NCCCN3CCN(Cc4ccccc4)CC3)o2)cc1. The summed E-state index contributed by atoms with van der Waals surface area (Å²) >= 11 is 0. The molecule has 7 nitrogen and oxygen atoms in total. The number of benzene rings is 2. The number of carbonyl (C=O) groups is 1. The molecule has 2 aromatic carbocycles. The van der Waals surface area contributed by atoms with E-state index in [9.17, 15) is 4.79 Å². The highest BCUT2D eigenvalue weighted by Crippen LogP contribution is 2.18. The van der Waals surface area contributed by atoms with Gasteiger partial charge in [-0.25, -0.2) is 0 Å². The Morgan fingerprint density at radius 1 is 0.970 bits per heavy atom. The molecule has 0 spiro atoms. The van der Waals surface area contributed by atoms with Crippen molar-refractivity contribution >= 4 is 5.91 Å². The Morgan fingerprint density at radius 2 is 1.70 bits per heavy atom. The third-order valence-electron chi connectivity index (χ3n) is 6.02. The van der Waals surface area contributed by atoms with E-state index in [1.54, 1.807) is 0 Å². The molecule has 4 rings (SSSR count). The fraction of sp³-hybridized carbons (Fsp3) is 0.423. The van der Waals surface area contributed by atoms with Crippen LogP contribution in [0.5, 0.6) is 0 Å². The highest BCUT2D eigenvalue weighted by atomic mass is 16.4. The number of nitrogens with zero attached hydrogens (tertiary/aromatic N) is 4. The Labute approximate surface area is 195 Å². The first-order chi connectivity index (χ1) is 16.2. The quantitative estimate of drug-likeness (QED) is 0.481. The summed E-state index contributed by atoms with van der Waals surface area (Å²) in [5, 5.41) is 11.2. The van der Waals surface area contributed by atoms with Crippen molar-refractivity contribution in [3.63, 3.8) is 0 Å². The molecule has 1 aliphatic rings. The molecule has 1 aromatic heterocycles. The molecule has 174 valence electrons. The Bertz CT molecular complexity index is 995. The van der Waals surface area contributed by atoms with Crippen LogP contribution in [0.25, 0.3) is 11.5 Å². The van der Waals surface area contributed by atoms with Crippen molar-refractivity contribution < 1.29 is 9.21 Å². The molecule has 1 amide bonds. The van der Waals surface area contributed by atoms with E-state index < -0.39 is 0 Å². The number of hydrogen-bond donors (Lipinski definition) is 1. The summed E-state index contributed by atoms with van der Waals surface area (Å²) in [6, 6.07) is 18.6. The predicted molar refractivity (Wildman–Crippen MR) is 129 cm³/mol. The topological polar surface area (TPSA) is 74.5 Å². The zero-order valence-corrected chi connectivity index (χ0v) is 19.4. The zero-order chi connectivity index (χ0) is 22.9. The third-order valence-corrected chi connectivity index (χ3v) is 6.02. The van der Waals surface area contributed by atoms with E-state index in [2.05, 4.69) is 55.6 Å². The zero-order valence-electron chi connectivity index (χ0n) is 19.4. The molecular formula is C26H33N5O2. The third kappa shape index (κ3) is 7.23. The molecular weight excluding hydrogens is 414 g/mol. The number of rotatable bonds is 10. The summed E-state index contributed by atoms with van der Waals surface area (Å²) in [7, 11) is 0. The van der Waals surface area contributed by atoms with Gasteiger partial charge in [-0.1, -0.05) is 48.0 Å². The first kappa shape index (κ1) is 23.1. The molecule has 0 aliphatic carbocycles. The summed E-state index contributed by atoms with van der Waals surface area (Å²) in [6.45, 7) is 9.13. The monoisotopic (exact) mass is 447 g/mol. The fourth-order valence-electron chi connectivity index (χ4n) is 4.02. The molecule has 1 aliphatic heterocycles. The van der Waals surface area contributed by atoms with Crippen LogP contribution in [-0.4, -0.2) is 65.2 Å². The first-order valence-corrected chi connectivity index (χ1v) is 11.8. The van der Waals surface area contributed by atoms with Crippen LogP contribution in [0.1, 0.15) is 29.9 Å². The van der Waals surface area contributed by atoms with E-state index in [0.717, 1.165) is 51.3 Å². The maximum Gasteiger partial charge on any atom is 0.247 e. The molecule has 1 fully saturated rings. The molecule has 33 heavy (non-hydrogen) atoms. The maximum absolute atomic E-state index is 12.2. The van der Waals surface area contributed by atoms with Gasteiger partial charge >= 0.3 is 0 Å². The minimum Gasteiger partial charge on any atom is -0.421 e. The standard InChI is InChI=1S/C26H33N5O2/c1-21-8-10-23(11-9-21)26-29-28-25(33-26)13-12-24(32)27-14-5-15-30-16-18-31(19-17-30)20-22-6-3-2-4-7-22/h2-4,6-11H,5,12-20H2,1H3,(H,27,32). The Morgan fingerprint density at radius 3 is 2.45 bits per heavy atom. The van der Waals surface area contributed by atoms with Crippen molar-refractivity contribution in [2.75, 3.05) is 39.3 Å². The second kappa shape index (κ2) is 11.7. The molecule has 0 bridgehead atoms. The minimum absolute atomic E-state index is 0.0257. The Kier molecular flexibility index (Phi) is 8.22. The van der Waals surface area contributed by atoms with Crippen LogP contribution in [0.3, 0.4) is 0 Å². The van der Waals surface area contributed by atoms with E-state index in [1.807, 2.05) is 31.2 Å². The van der Waals surface area contributed by atoms with E-state index >= 15 is 0 Å². The molecule has 3 aromatic rings. The second-order valence-electron chi connectivity index (χ2n) is 8.67. The molecule has 1 saturated heterocycles. The van der Waals surface area contributed by atoms with Crippen molar-refractivity contribution in [3.8, 4) is 11.5 Å². The van der Waals surface area contributed by atoms with Gasteiger partial charge in [-0.3, -0.25) is 9.69 Å². The fourth-order valence-corrected chi connectivity index (χ4v) is 4.02. The van der Waals surface area contributed by atoms with Gasteiger partial charge in [0.05, 0.1) is 0 Å². The van der Waals surface area contributed by atoms with Crippen LogP contribution in [0.2, 0.25) is 0 Å². The maximum atomic E-state index is 12.2. The van der Waals surface area contributed by atoms with Crippen molar-refractivity contribution in [2.45, 2.75) is 32.7 Å². The average molecular weight is 448 g/mol. The Balaban J connectivity index is 1.08. The number of piperazine rings is 1. The Hall–Kier alpha value is -3.03. The highest BCUT2D eigenvalue weighted by molar-refractivity contribution is 5.75. The van der Waals surface area contributed by atoms with E-state index in [1.165, 1.54) is 11.1 Å². The van der Waals surface area contributed by atoms with Crippen LogP contribution < -0.4 is 5.32 Å². The largest absolute Gasteiger partial charge is 0.421 e. The number of aryl methyl sites for hydroxylation is 2. The molecule has 2 heterocycles. The molecule has 0 unspecified atom stereocenters. The summed E-state index contributed by atoms with van der Waals surface area (Å²) in [6.07, 6.45) is 1.77. The van der Waals surface area contributed by atoms with E-state index in [0.29, 0.717) is 31.2 Å². The molecule has 1 N–H and O–H groups in total. The van der Waals surface area contributed by atoms with Crippen molar-refractivity contribution in [2.24, 2.45) is 0 Å². The van der Waals surface area contributed by atoms with Crippen LogP contribution in [0, 0.1) is 6.92 Å². The number of nitrogens with one attached hydrogen (secondary N) is 1. The summed E-state index contributed by atoms with van der Waals surface area (Å²) in [5.41, 5.74) is 3.45. The number of carbonyl (C=O) groups excluding carboxylic acids is 1. The summed E-state index contributed by atoms with van der Waals surface area (Å²) in [5.74, 6) is 1.01. The highest BCUT2D eigenvalue weighted by Gasteiger charge is 2.16. The predicted octanol–water partition coefficient (Wildman–Crippen LogP) is 3.30. The number of amides is 1. The average Bonchev–Trinajstić information content (AvgIpc) is 3.32. The van der Waals surface area contributed by atoms with Gasteiger partial charge in [-0.05, 0) is 37.6 Å². The van der Waals surface area contributed by atoms with Crippen molar-refractivity contribution in [3.05, 3.63) is 71.6 Å². The van der Waals surface area contributed by atoms with Crippen molar-refractivity contribution in [1.29, 1.82) is 0 Å². The van der Waals surface area contributed by atoms with Crippen molar-refractivity contribution in [1.82, 2.24) is 25.3 Å². The van der Waals surface area contributed by atoms with Gasteiger partial charge in [-0.15, -0.1) is 10.2 Å². The molecule has 0 radical (unpaired) electrons. The van der Waals surface area contributed by atoms with Crippen LogP contribution in [0.15, 0.2) is 59.0 Å². The smallest absolute Gasteiger partial charge is 0.247 e. The lowest BCUT2D eigenvalue weighted by Crippen LogP contribution is -2.46. The van der Waals surface area contributed by atoms with Gasteiger partial charge in [0.2, 0.25) is 17.7 Å².